The summed E-state index contributed by atoms with van der Waals surface area (Å²) in [7, 11) is -2.37. The van der Waals surface area contributed by atoms with Crippen LogP contribution in [0.15, 0.2) is 48.5 Å². The summed E-state index contributed by atoms with van der Waals surface area (Å²) in [5, 5.41) is 2.62. The fourth-order valence-electron chi connectivity index (χ4n) is 1.64. The maximum atomic E-state index is 10.3. The predicted molar refractivity (Wildman–Crippen MR) is 90.4 cm³/mol. The number of ketones is 1. The van der Waals surface area contributed by atoms with E-state index < -0.39 is 10.1 Å². The Balaban J connectivity index is 0.000000360. The van der Waals surface area contributed by atoms with Gasteiger partial charge >= 0.3 is 0 Å². The minimum atomic E-state index is -3.87. The Morgan fingerprint density at radius 2 is 1.36 bits per heavy atom. The van der Waals surface area contributed by atoms with E-state index in [1.807, 2.05) is 0 Å². The first kappa shape index (κ1) is 20.2. The third-order valence-electron chi connectivity index (χ3n) is 2.59. The molecule has 0 unspecified atom stereocenters. The molecule has 0 amide bonds. The molecule has 0 aliphatic carbocycles. The van der Waals surface area contributed by atoms with E-state index in [0.29, 0.717) is 0 Å². The Bertz CT molecular complexity index is 603. The van der Waals surface area contributed by atoms with Crippen LogP contribution in [0.25, 0.3) is 10.8 Å². The molecular weight excluding hydrogens is 302 g/mol. The van der Waals surface area contributed by atoms with Gasteiger partial charge in [0.15, 0.2) is 0 Å². The number of rotatable bonds is 4. The molecule has 0 saturated heterocycles. The maximum absolute atomic E-state index is 10.3. The first-order chi connectivity index (χ1) is 10.4. The SMILES string of the molecule is CC(=O)CCCS(=O)(=O)O.CN.c1ccc2ccccc2c1. The Morgan fingerprint density at radius 1 is 1.00 bits per heavy atom. The zero-order valence-corrected chi connectivity index (χ0v) is 13.7. The Labute approximate surface area is 131 Å². The van der Waals surface area contributed by atoms with Crippen LogP contribution in [0.1, 0.15) is 19.8 Å². The van der Waals surface area contributed by atoms with Crippen molar-refractivity contribution in [2.75, 3.05) is 12.8 Å². The maximum Gasteiger partial charge on any atom is 0.264 e. The average Bonchev–Trinajstić information content (AvgIpc) is 2.48. The highest BCUT2D eigenvalue weighted by molar-refractivity contribution is 7.85. The summed E-state index contributed by atoms with van der Waals surface area (Å²) in [5.41, 5.74) is 4.50. The average molecular weight is 325 g/mol. The van der Waals surface area contributed by atoms with Gasteiger partial charge in [0.05, 0.1) is 5.75 Å². The van der Waals surface area contributed by atoms with E-state index in [0.717, 1.165) is 0 Å². The lowest BCUT2D eigenvalue weighted by Crippen LogP contribution is -2.05. The van der Waals surface area contributed by atoms with Gasteiger partial charge in [0.1, 0.15) is 5.78 Å². The Morgan fingerprint density at radius 3 is 1.64 bits per heavy atom. The molecule has 22 heavy (non-hydrogen) atoms. The van der Waals surface area contributed by atoms with Crippen LogP contribution >= 0.6 is 0 Å². The number of nitrogens with two attached hydrogens (primary N) is 1. The number of hydrogen-bond donors (Lipinski definition) is 2. The third kappa shape index (κ3) is 10.0. The van der Waals surface area contributed by atoms with Crippen LogP contribution in [-0.4, -0.2) is 31.6 Å². The standard InChI is InChI=1S/C10H8.C5H10O4S.CH5N/c1-2-6-10-8-4-3-7-9(10)5-1;1-5(6)3-2-4-10(7,8)9;1-2/h1-8H;2-4H2,1H3,(H,7,8,9);2H2,1H3. The molecule has 0 radical (unpaired) electrons. The fraction of sp³-hybridized carbons (Fsp3) is 0.312. The molecule has 0 aliphatic heterocycles. The first-order valence-corrected chi connectivity index (χ1v) is 8.45. The molecule has 6 heteroatoms. The van der Waals surface area contributed by atoms with Crippen molar-refractivity contribution in [3.8, 4) is 0 Å². The van der Waals surface area contributed by atoms with Crippen LogP contribution < -0.4 is 5.73 Å². The predicted octanol–water partition coefficient (Wildman–Crippen LogP) is 2.66. The molecule has 0 bridgehead atoms. The second-order valence-corrected chi connectivity index (χ2v) is 6.01. The van der Waals surface area contributed by atoms with Crippen molar-refractivity contribution in [1.82, 2.24) is 0 Å². The number of carbonyl (C=O) groups is 1. The zero-order valence-electron chi connectivity index (χ0n) is 12.9. The molecule has 122 valence electrons. The number of fused-ring (bicyclic) bond motifs is 1. The molecule has 2 rings (SSSR count). The minimum absolute atomic E-state index is 0.0661. The Kier molecular flexibility index (Phi) is 10.0. The van der Waals surface area contributed by atoms with Crippen LogP contribution in [-0.2, 0) is 14.9 Å². The van der Waals surface area contributed by atoms with Crippen molar-refractivity contribution >= 4 is 26.7 Å². The van der Waals surface area contributed by atoms with Gasteiger partial charge < -0.3 is 10.5 Å². The minimum Gasteiger partial charge on any atom is -0.333 e. The smallest absolute Gasteiger partial charge is 0.264 e. The molecule has 2 aromatic carbocycles. The topological polar surface area (TPSA) is 97.5 Å². The van der Waals surface area contributed by atoms with Crippen molar-refractivity contribution in [2.24, 2.45) is 5.73 Å². The lowest BCUT2D eigenvalue weighted by molar-refractivity contribution is -0.117. The number of Topliss-reactive ketones (excluding diaryl/α,β-unsaturated/α-hetero) is 1. The molecule has 0 saturated carbocycles. The largest absolute Gasteiger partial charge is 0.333 e. The van der Waals surface area contributed by atoms with Crippen molar-refractivity contribution < 1.29 is 17.8 Å². The highest BCUT2D eigenvalue weighted by Gasteiger charge is 2.03. The second-order valence-electron chi connectivity index (χ2n) is 4.44. The van der Waals surface area contributed by atoms with E-state index in [9.17, 15) is 13.2 Å². The van der Waals surface area contributed by atoms with E-state index >= 15 is 0 Å². The van der Waals surface area contributed by atoms with Gasteiger partial charge in [-0.25, -0.2) is 0 Å². The highest BCUT2D eigenvalue weighted by Crippen LogP contribution is 2.11. The van der Waals surface area contributed by atoms with Crippen LogP contribution in [0.2, 0.25) is 0 Å². The van der Waals surface area contributed by atoms with Crippen LogP contribution in [0.4, 0.5) is 0 Å². The third-order valence-corrected chi connectivity index (χ3v) is 3.39. The van der Waals surface area contributed by atoms with Gasteiger partial charge in [-0.15, -0.1) is 0 Å². The first-order valence-electron chi connectivity index (χ1n) is 6.84. The monoisotopic (exact) mass is 325 g/mol. The molecule has 0 atom stereocenters. The summed E-state index contributed by atoms with van der Waals surface area (Å²) in [6.45, 7) is 1.38. The van der Waals surface area contributed by atoms with Crippen molar-refractivity contribution in [3.63, 3.8) is 0 Å². The van der Waals surface area contributed by atoms with Gasteiger partial charge in [0.25, 0.3) is 10.1 Å². The number of benzene rings is 2. The molecule has 0 fully saturated rings. The van der Waals surface area contributed by atoms with E-state index in [1.54, 1.807) is 0 Å². The van der Waals surface area contributed by atoms with Crippen LogP contribution in [0.3, 0.4) is 0 Å². The van der Waals surface area contributed by atoms with Gasteiger partial charge in [0.2, 0.25) is 0 Å². The number of carbonyl (C=O) groups excluding carboxylic acids is 1. The van der Waals surface area contributed by atoms with Gasteiger partial charge in [0, 0.05) is 6.42 Å². The van der Waals surface area contributed by atoms with Gasteiger partial charge in [-0.2, -0.15) is 8.42 Å². The molecule has 0 aromatic heterocycles. The summed E-state index contributed by atoms with van der Waals surface area (Å²) in [4.78, 5) is 10.3. The molecule has 2 aromatic rings. The summed E-state index contributed by atoms with van der Waals surface area (Å²) >= 11 is 0. The highest BCUT2D eigenvalue weighted by atomic mass is 32.2. The van der Waals surface area contributed by atoms with Gasteiger partial charge in [-0.3, -0.25) is 4.55 Å². The normalized spacial score (nSPS) is 10.0. The number of hydrogen-bond acceptors (Lipinski definition) is 4. The van der Waals surface area contributed by atoms with E-state index in [1.165, 1.54) is 24.7 Å². The summed E-state index contributed by atoms with van der Waals surface area (Å²) in [6, 6.07) is 16.7. The van der Waals surface area contributed by atoms with Crippen LogP contribution in [0.5, 0.6) is 0 Å². The lowest BCUT2D eigenvalue weighted by Gasteiger charge is -1.92. The fourth-order valence-corrected chi connectivity index (χ4v) is 2.15. The zero-order chi connectivity index (χ0) is 17.0. The lowest BCUT2D eigenvalue weighted by atomic mass is 10.1. The molecular formula is C16H23NO4S. The van der Waals surface area contributed by atoms with Gasteiger partial charge in [-0.1, -0.05) is 48.5 Å². The van der Waals surface area contributed by atoms with Crippen LogP contribution in [0, 0.1) is 0 Å². The van der Waals surface area contributed by atoms with Gasteiger partial charge in [-0.05, 0) is 31.2 Å². The molecule has 0 aliphatic rings. The van der Waals surface area contributed by atoms with E-state index in [2.05, 4.69) is 54.3 Å². The molecule has 0 spiro atoms. The molecule has 5 nitrogen and oxygen atoms in total. The van der Waals surface area contributed by atoms with Crippen molar-refractivity contribution in [2.45, 2.75) is 19.8 Å². The summed E-state index contributed by atoms with van der Waals surface area (Å²) in [6.07, 6.45) is 0.411. The second kappa shape index (κ2) is 10.9. The van der Waals surface area contributed by atoms with E-state index in [-0.39, 0.29) is 24.4 Å². The molecule has 3 N–H and O–H groups in total. The Hall–Kier alpha value is -1.76. The van der Waals surface area contributed by atoms with E-state index in [4.69, 9.17) is 4.55 Å². The summed E-state index contributed by atoms with van der Waals surface area (Å²) < 4.78 is 28.3. The van der Waals surface area contributed by atoms with Crippen molar-refractivity contribution in [1.29, 1.82) is 0 Å². The summed E-state index contributed by atoms with van der Waals surface area (Å²) in [5.74, 6) is -0.393. The van der Waals surface area contributed by atoms with Crippen molar-refractivity contribution in [3.05, 3.63) is 48.5 Å². The molecule has 0 heterocycles. The quantitative estimate of drug-likeness (QED) is 0.842.